The third kappa shape index (κ3) is 3.82. The first kappa shape index (κ1) is 14.1. The van der Waals surface area contributed by atoms with Crippen molar-refractivity contribution in [2.24, 2.45) is 0 Å². The molecule has 0 spiro atoms. The molecule has 0 N–H and O–H groups in total. The van der Waals surface area contributed by atoms with E-state index in [1.807, 2.05) is 60.7 Å². The van der Waals surface area contributed by atoms with E-state index < -0.39 is 0 Å². The molecule has 0 aliphatic rings. The van der Waals surface area contributed by atoms with Crippen molar-refractivity contribution in [2.75, 3.05) is 0 Å². The lowest BCUT2D eigenvalue weighted by atomic mass is 10.2. The predicted molar refractivity (Wildman–Crippen MR) is 84.1 cm³/mol. The Hall–Kier alpha value is -2.36. The Morgan fingerprint density at radius 2 is 1.15 bits per heavy atom. The zero-order chi connectivity index (χ0) is 14.2. The molecule has 0 aromatic heterocycles. The van der Waals surface area contributed by atoms with E-state index >= 15 is 0 Å². The predicted octanol–water partition coefficient (Wildman–Crippen LogP) is 3.88. The Morgan fingerprint density at radius 1 is 0.750 bits per heavy atom. The summed E-state index contributed by atoms with van der Waals surface area (Å²) in [6, 6.07) is 24.2. The van der Waals surface area contributed by atoms with E-state index in [2.05, 4.69) is 12.1 Å². The summed E-state index contributed by atoms with van der Waals surface area (Å²) in [6.45, 7) is 0. The van der Waals surface area contributed by atoms with Gasteiger partial charge in [0.05, 0.1) is 0 Å². The highest BCUT2D eigenvalue weighted by atomic mass is 32.2. The summed E-state index contributed by atoms with van der Waals surface area (Å²) in [6.07, 6.45) is 0. The molecule has 0 saturated carbocycles. The SMILES string of the molecule is N#CC(C#N)=S(Cc1ccccc1)Cc1ccccc1. The highest BCUT2D eigenvalue weighted by Crippen LogP contribution is 2.27. The van der Waals surface area contributed by atoms with Crippen LogP contribution in [-0.4, -0.2) is 4.86 Å². The summed E-state index contributed by atoms with van der Waals surface area (Å²) in [5.74, 6) is 1.48. The minimum absolute atomic E-state index is 0.331. The van der Waals surface area contributed by atoms with Gasteiger partial charge in [-0.2, -0.15) is 10.5 Å². The molecule has 0 heterocycles. The van der Waals surface area contributed by atoms with Gasteiger partial charge in [0.2, 0.25) is 0 Å². The van der Waals surface area contributed by atoms with Gasteiger partial charge in [-0.1, -0.05) is 60.7 Å². The Kier molecular flexibility index (Phi) is 5.12. The van der Waals surface area contributed by atoms with E-state index in [1.54, 1.807) is 0 Å². The Morgan fingerprint density at radius 3 is 1.50 bits per heavy atom. The lowest BCUT2D eigenvalue weighted by Gasteiger charge is -2.10. The maximum Gasteiger partial charge on any atom is 0.154 e. The molecule has 0 radical (unpaired) electrons. The van der Waals surface area contributed by atoms with Gasteiger partial charge < -0.3 is 0 Å². The molecule has 2 rings (SSSR count). The zero-order valence-corrected chi connectivity index (χ0v) is 11.8. The molecule has 20 heavy (non-hydrogen) atoms. The molecular weight excluding hydrogens is 264 g/mol. The van der Waals surface area contributed by atoms with Gasteiger partial charge in [-0.3, -0.25) is 0 Å². The quantitative estimate of drug-likeness (QED) is 0.797. The van der Waals surface area contributed by atoms with Crippen molar-refractivity contribution in [3.63, 3.8) is 0 Å². The van der Waals surface area contributed by atoms with E-state index in [0.717, 1.165) is 22.6 Å². The molecule has 98 valence electrons. The van der Waals surface area contributed by atoms with Gasteiger partial charge in [-0.25, -0.2) is 0 Å². The van der Waals surface area contributed by atoms with Crippen LogP contribution in [0.1, 0.15) is 11.1 Å². The topological polar surface area (TPSA) is 47.6 Å². The maximum absolute atomic E-state index is 9.15. The largest absolute Gasteiger partial charge is 0.191 e. The van der Waals surface area contributed by atoms with Crippen LogP contribution in [0.15, 0.2) is 60.7 Å². The number of rotatable bonds is 4. The monoisotopic (exact) mass is 278 g/mol. The zero-order valence-electron chi connectivity index (χ0n) is 11.0. The van der Waals surface area contributed by atoms with E-state index in [9.17, 15) is 0 Å². The molecule has 3 heteroatoms. The molecule has 0 aliphatic heterocycles. The van der Waals surface area contributed by atoms with E-state index in [-0.39, 0.29) is 10.5 Å². The van der Waals surface area contributed by atoms with Crippen molar-refractivity contribution in [3.05, 3.63) is 71.8 Å². The molecule has 0 amide bonds. The minimum Gasteiger partial charge on any atom is -0.191 e. The third-order valence-corrected chi connectivity index (χ3v) is 4.98. The Bertz CT molecular complexity index is 617. The fraction of sp³-hybridized carbons (Fsp3) is 0.118. The van der Waals surface area contributed by atoms with Gasteiger partial charge in [0.15, 0.2) is 4.86 Å². The lowest BCUT2D eigenvalue weighted by molar-refractivity contribution is 1.36. The summed E-state index contributed by atoms with van der Waals surface area (Å²) < 4.78 is 0. The average molecular weight is 278 g/mol. The third-order valence-electron chi connectivity index (χ3n) is 2.86. The maximum atomic E-state index is 9.15. The van der Waals surface area contributed by atoms with Crippen LogP contribution in [0.25, 0.3) is 0 Å². The van der Waals surface area contributed by atoms with Crippen LogP contribution in [0.5, 0.6) is 0 Å². The number of benzene rings is 2. The fourth-order valence-electron chi connectivity index (χ4n) is 1.90. The highest BCUT2D eigenvalue weighted by molar-refractivity contribution is 8.15. The van der Waals surface area contributed by atoms with Gasteiger partial charge in [0.25, 0.3) is 0 Å². The number of hydrogen-bond acceptors (Lipinski definition) is 2. The molecule has 0 aliphatic carbocycles. The van der Waals surface area contributed by atoms with Crippen molar-refractivity contribution in [2.45, 2.75) is 11.5 Å². The van der Waals surface area contributed by atoms with Crippen LogP contribution in [0, 0.1) is 22.7 Å². The molecule has 2 nitrogen and oxygen atoms in total. The normalized spacial score (nSPS) is 9.75. The van der Waals surface area contributed by atoms with Gasteiger partial charge in [0.1, 0.15) is 12.1 Å². The fourth-order valence-corrected chi connectivity index (χ4v) is 3.74. The first-order valence-electron chi connectivity index (χ1n) is 6.26. The number of nitriles is 2. The standard InChI is InChI=1S/C17H14N2S/c18-11-17(12-19)20(13-15-7-3-1-4-8-15)14-16-9-5-2-6-10-16/h1-10H,13-14H2. The van der Waals surface area contributed by atoms with Crippen molar-refractivity contribution in [1.29, 1.82) is 10.5 Å². The van der Waals surface area contributed by atoms with E-state index in [4.69, 9.17) is 10.5 Å². The van der Waals surface area contributed by atoms with E-state index in [1.165, 1.54) is 0 Å². The van der Waals surface area contributed by atoms with E-state index in [0.29, 0.717) is 4.86 Å². The molecule has 0 bridgehead atoms. The van der Waals surface area contributed by atoms with Crippen LogP contribution in [0.3, 0.4) is 0 Å². The second-order valence-corrected chi connectivity index (χ2v) is 6.28. The molecule has 2 aromatic rings. The summed E-state index contributed by atoms with van der Waals surface area (Å²) in [5, 5.41) is 18.3. The number of hydrogen-bond donors (Lipinski definition) is 0. The van der Waals surface area contributed by atoms with Crippen LogP contribution < -0.4 is 0 Å². The van der Waals surface area contributed by atoms with Gasteiger partial charge >= 0.3 is 0 Å². The first-order chi connectivity index (χ1) is 9.83. The van der Waals surface area contributed by atoms with Crippen LogP contribution in [0.2, 0.25) is 0 Å². The van der Waals surface area contributed by atoms with Crippen LogP contribution in [-0.2, 0) is 11.5 Å². The molecular formula is C17H14N2S. The highest BCUT2D eigenvalue weighted by Gasteiger charge is 2.07. The van der Waals surface area contributed by atoms with Gasteiger partial charge in [-0.05, 0) is 11.1 Å². The molecule has 0 unspecified atom stereocenters. The minimum atomic E-state index is -0.370. The van der Waals surface area contributed by atoms with Crippen molar-refractivity contribution in [3.8, 4) is 12.1 Å². The number of nitrogens with zero attached hydrogens (tertiary/aromatic N) is 2. The first-order valence-corrected chi connectivity index (χ1v) is 7.82. The Balaban J connectivity index is 2.30. The molecule has 0 atom stereocenters. The average Bonchev–Trinajstić information content (AvgIpc) is 2.50. The second-order valence-electron chi connectivity index (χ2n) is 4.31. The summed E-state index contributed by atoms with van der Waals surface area (Å²) in [7, 11) is -0.370. The summed E-state index contributed by atoms with van der Waals surface area (Å²) >= 11 is 0. The van der Waals surface area contributed by atoms with Gasteiger partial charge in [0, 0.05) is 11.5 Å². The molecule has 2 aromatic carbocycles. The lowest BCUT2D eigenvalue weighted by Crippen LogP contribution is -1.96. The van der Waals surface area contributed by atoms with Gasteiger partial charge in [-0.15, -0.1) is 10.5 Å². The summed E-state index contributed by atoms with van der Waals surface area (Å²) in [4.78, 5) is 0.331. The van der Waals surface area contributed by atoms with Crippen LogP contribution in [0.4, 0.5) is 0 Å². The second kappa shape index (κ2) is 7.28. The van der Waals surface area contributed by atoms with Crippen molar-refractivity contribution >= 4 is 15.3 Å². The van der Waals surface area contributed by atoms with Crippen molar-refractivity contribution < 1.29 is 0 Å². The van der Waals surface area contributed by atoms with Crippen LogP contribution >= 0.6 is 10.5 Å². The van der Waals surface area contributed by atoms with Crippen molar-refractivity contribution in [1.82, 2.24) is 0 Å². The summed E-state index contributed by atoms with van der Waals surface area (Å²) in [5.41, 5.74) is 2.32. The molecule has 0 fully saturated rings. The smallest absolute Gasteiger partial charge is 0.154 e. The molecule has 0 saturated heterocycles. The Labute approximate surface area is 121 Å².